The Morgan fingerprint density at radius 2 is 2.24 bits per heavy atom. The van der Waals surface area contributed by atoms with Crippen LogP contribution in [0.2, 0.25) is 0 Å². The highest BCUT2D eigenvalue weighted by atomic mass is 16.5. The number of ether oxygens (including phenoxy) is 1. The van der Waals surface area contributed by atoms with E-state index in [4.69, 9.17) is 10.5 Å². The molecular weight excluding hydrogens is 314 g/mol. The maximum absolute atomic E-state index is 12.8. The molecule has 5 heteroatoms. The van der Waals surface area contributed by atoms with Gasteiger partial charge in [0.15, 0.2) is 0 Å². The second-order valence-electron chi connectivity index (χ2n) is 6.98. The van der Waals surface area contributed by atoms with Crippen LogP contribution in [0, 0.1) is 5.92 Å². The van der Waals surface area contributed by atoms with Crippen LogP contribution in [0.3, 0.4) is 0 Å². The van der Waals surface area contributed by atoms with E-state index in [9.17, 15) is 4.79 Å². The first kappa shape index (κ1) is 15.9. The van der Waals surface area contributed by atoms with Gasteiger partial charge in [0.25, 0.3) is 5.91 Å². The number of pyridine rings is 1. The first-order valence-electron chi connectivity index (χ1n) is 8.94. The molecule has 0 bridgehead atoms. The molecule has 130 valence electrons. The molecule has 1 saturated heterocycles. The zero-order valence-electron chi connectivity index (χ0n) is 14.3. The Hall–Kier alpha value is -2.56. The Kier molecular flexibility index (Phi) is 4.30. The molecule has 0 radical (unpaired) electrons. The minimum absolute atomic E-state index is 0.131. The number of nitrogens with zero attached hydrogens (tertiary/aromatic N) is 2. The summed E-state index contributed by atoms with van der Waals surface area (Å²) in [6.45, 7) is 2.39. The van der Waals surface area contributed by atoms with E-state index in [2.05, 4.69) is 4.98 Å². The molecule has 0 saturated carbocycles. The maximum atomic E-state index is 12.8. The van der Waals surface area contributed by atoms with E-state index in [1.807, 2.05) is 41.4 Å². The molecule has 2 aliphatic heterocycles. The van der Waals surface area contributed by atoms with Gasteiger partial charge in [-0.25, -0.2) is 4.98 Å². The Morgan fingerprint density at radius 1 is 1.32 bits per heavy atom. The van der Waals surface area contributed by atoms with Gasteiger partial charge in [-0.1, -0.05) is 6.07 Å². The predicted octanol–water partition coefficient (Wildman–Crippen LogP) is 2.69. The van der Waals surface area contributed by atoms with Crippen molar-refractivity contribution in [2.75, 3.05) is 25.4 Å². The lowest BCUT2D eigenvalue weighted by molar-refractivity contribution is 0.0787. The largest absolute Gasteiger partial charge is 0.493 e. The fraction of sp³-hybridized carbons (Fsp3) is 0.400. The monoisotopic (exact) mass is 337 g/mol. The van der Waals surface area contributed by atoms with Gasteiger partial charge < -0.3 is 15.4 Å². The van der Waals surface area contributed by atoms with Gasteiger partial charge in [-0.05, 0) is 67.0 Å². The Balaban J connectivity index is 1.41. The standard InChI is InChI=1S/C20H23N3O2/c21-19-6-3-14(12-22-19)10-15-7-8-23(13-15)20(24)17-4-5-18-16(11-17)2-1-9-25-18/h3-6,11-12,15H,1-2,7-10,13H2,(H2,21,22). The summed E-state index contributed by atoms with van der Waals surface area (Å²) in [5.41, 5.74) is 8.75. The SMILES string of the molecule is Nc1ccc(CC2CCN(C(=O)c3ccc4c(c3)CCCO4)C2)cn1. The maximum Gasteiger partial charge on any atom is 0.253 e. The highest BCUT2D eigenvalue weighted by Crippen LogP contribution is 2.27. The molecule has 2 aromatic rings. The number of carbonyl (C=O) groups excluding carboxylic acids is 1. The topological polar surface area (TPSA) is 68.5 Å². The van der Waals surface area contributed by atoms with Gasteiger partial charge in [0.05, 0.1) is 6.61 Å². The summed E-state index contributed by atoms with van der Waals surface area (Å²) in [7, 11) is 0. The van der Waals surface area contributed by atoms with Gasteiger partial charge in [-0.3, -0.25) is 4.79 Å². The fourth-order valence-corrected chi connectivity index (χ4v) is 3.75. The molecule has 0 aliphatic carbocycles. The van der Waals surface area contributed by atoms with Gasteiger partial charge in [-0.15, -0.1) is 0 Å². The molecule has 5 nitrogen and oxygen atoms in total. The van der Waals surface area contributed by atoms with Crippen molar-refractivity contribution in [2.45, 2.75) is 25.7 Å². The van der Waals surface area contributed by atoms with Crippen molar-refractivity contribution in [3.05, 3.63) is 53.2 Å². The van der Waals surface area contributed by atoms with Crippen LogP contribution >= 0.6 is 0 Å². The molecule has 2 N–H and O–H groups in total. The van der Waals surface area contributed by atoms with Crippen molar-refractivity contribution in [3.63, 3.8) is 0 Å². The zero-order valence-corrected chi connectivity index (χ0v) is 14.3. The number of likely N-dealkylation sites (tertiary alicyclic amines) is 1. The lowest BCUT2D eigenvalue weighted by Gasteiger charge is -2.20. The van der Waals surface area contributed by atoms with E-state index >= 15 is 0 Å². The number of aryl methyl sites for hydroxylation is 1. The quantitative estimate of drug-likeness (QED) is 0.935. The summed E-state index contributed by atoms with van der Waals surface area (Å²) in [6, 6.07) is 9.70. The predicted molar refractivity (Wildman–Crippen MR) is 96.6 cm³/mol. The average molecular weight is 337 g/mol. The second kappa shape index (κ2) is 6.75. The Morgan fingerprint density at radius 3 is 3.08 bits per heavy atom. The van der Waals surface area contributed by atoms with E-state index in [-0.39, 0.29) is 5.91 Å². The van der Waals surface area contributed by atoms with Gasteiger partial charge in [0.1, 0.15) is 11.6 Å². The minimum atomic E-state index is 0.131. The molecule has 1 aromatic carbocycles. The van der Waals surface area contributed by atoms with Crippen LogP contribution in [0.5, 0.6) is 5.75 Å². The van der Waals surface area contributed by atoms with Crippen LogP contribution in [0.15, 0.2) is 36.5 Å². The van der Waals surface area contributed by atoms with Crippen molar-refractivity contribution in [2.24, 2.45) is 5.92 Å². The number of hydrogen-bond acceptors (Lipinski definition) is 4. The van der Waals surface area contributed by atoms with E-state index in [1.165, 1.54) is 5.56 Å². The summed E-state index contributed by atoms with van der Waals surface area (Å²) in [6.07, 6.45) is 5.82. The number of nitrogen functional groups attached to an aromatic ring is 1. The number of carbonyl (C=O) groups is 1. The number of anilines is 1. The first-order valence-corrected chi connectivity index (χ1v) is 8.94. The molecule has 25 heavy (non-hydrogen) atoms. The van der Waals surface area contributed by atoms with E-state index in [0.29, 0.717) is 11.7 Å². The summed E-state index contributed by atoms with van der Waals surface area (Å²) in [5.74, 6) is 2.09. The van der Waals surface area contributed by atoms with Crippen LogP contribution < -0.4 is 10.5 Å². The van der Waals surface area contributed by atoms with Crippen molar-refractivity contribution < 1.29 is 9.53 Å². The summed E-state index contributed by atoms with van der Waals surface area (Å²) >= 11 is 0. The van der Waals surface area contributed by atoms with Crippen LogP contribution in [-0.4, -0.2) is 35.5 Å². The minimum Gasteiger partial charge on any atom is -0.493 e. The number of rotatable bonds is 3. The third-order valence-electron chi connectivity index (χ3n) is 5.10. The van der Waals surface area contributed by atoms with Gasteiger partial charge >= 0.3 is 0 Å². The normalized spacial score (nSPS) is 19.4. The summed E-state index contributed by atoms with van der Waals surface area (Å²) in [4.78, 5) is 19.0. The van der Waals surface area contributed by atoms with Gasteiger partial charge in [0.2, 0.25) is 0 Å². The average Bonchev–Trinajstić information content (AvgIpc) is 3.11. The number of fused-ring (bicyclic) bond motifs is 1. The number of benzene rings is 1. The molecule has 1 amide bonds. The van der Waals surface area contributed by atoms with Crippen molar-refractivity contribution in [1.82, 2.24) is 9.88 Å². The third kappa shape index (κ3) is 3.45. The van der Waals surface area contributed by atoms with Crippen LogP contribution in [0.4, 0.5) is 5.82 Å². The number of amides is 1. The summed E-state index contributed by atoms with van der Waals surface area (Å²) < 4.78 is 5.64. The van der Waals surface area contributed by atoms with Crippen LogP contribution in [-0.2, 0) is 12.8 Å². The molecule has 2 aliphatic rings. The smallest absolute Gasteiger partial charge is 0.253 e. The third-order valence-corrected chi connectivity index (χ3v) is 5.10. The molecule has 1 fully saturated rings. The van der Waals surface area contributed by atoms with Crippen LogP contribution in [0.25, 0.3) is 0 Å². The number of aromatic nitrogens is 1. The molecule has 1 unspecified atom stereocenters. The number of nitrogens with two attached hydrogens (primary N) is 1. The van der Waals surface area contributed by atoms with Crippen molar-refractivity contribution in [3.8, 4) is 5.75 Å². The molecule has 0 spiro atoms. The zero-order chi connectivity index (χ0) is 17.2. The first-order chi connectivity index (χ1) is 12.2. The fourth-order valence-electron chi connectivity index (χ4n) is 3.75. The molecule has 3 heterocycles. The van der Waals surface area contributed by atoms with E-state index < -0.39 is 0 Å². The van der Waals surface area contributed by atoms with Gasteiger partial charge in [0, 0.05) is 24.8 Å². The van der Waals surface area contributed by atoms with Gasteiger partial charge in [-0.2, -0.15) is 0 Å². The second-order valence-corrected chi connectivity index (χ2v) is 6.98. The van der Waals surface area contributed by atoms with Crippen molar-refractivity contribution in [1.29, 1.82) is 0 Å². The summed E-state index contributed by atoms with van der Waals surface area (Å²) in [5, 5.41) is 0. The highest BCUT2D eigenvalue weighted by molar-refractivity contribution is 5.94. The van der Waals surface area contributed by atoms with E-state index in [0.717, 1.165) is 62.3 Å². The highest BCUT2D eigenvalue weighted by Gasteiger charge is 2.27. The van der Waals surface area contributed by atoms with Crippen molar-refractivity contribution >= 4 is 11.7 Å². The Labute approximate surface area is 147 Å². The lowest BCUT2D eigenvalue weighted by atomic mass is 10.00. The number of hydrogen-bond donors (Lipinski definition) is 1. The van der Waals surface area contributed by atoms with E-state index in [1.54, 1.807) is 0 Å². The molecular formula is C20H23N3O2. The van der Waals surface area contributed by atoms with Crippen LogP contribution in [0.1, 0.15) is 34.3 Å². The molecule has 1 atom stereocenters. The molecule has 1 aromatic heterocycles. The Bertz CT molecular complexity index is 773. The molecule has 4 rings (SSSR count). The lowest BCUT2D eigenvalue weighted by Crippen LogP contribution is -2.29.